The predicted molar refractivity (Wildman–Crippen MR) is 72.3 cm³/mol. The van der Waals surface area contributed by atoms with Gasteiger partial charge in [0.25, 0.3) is 5.91 Å². The zero-order valence-corrected chi connectivity index (χ0v) is 11.3. The molecule has 1 heterocycles. The van der Waals surface area contributed by atoms with Crippen molar-refractivity contribution in [3.8, 4) is 6.07 Å². The maximum Gasteiger partial charge on any atom is 0.335 e. The minimum Gasteiger partial charge on any atom is -0.478 e. The Bertz CT molecular complexity index is 574. The molecule has 2 rings (SSSR count). The molecule has 5 heteroatoms. The maximum absolute atomic E-state index is 12.4. The standard InChI is InChI=1S/C15H16N2O3/c1-15(9-16)7-2-8-17(10-15)13(18)11-3-5-12(6-4-11)14(19)20/h3-6H,2,7-8,10H2,1H3,(H,19,20)/t15-/m0/s1. The third-order valence-electron chi connectivity index (χ3n) is 3.63. The summed E-state index contributed by atoms with van der Waals surface area (Å²) in [4.78, 5) is 24.8. The number of nitriles is 1. The van der Waals surface area contributed by atoms with Crippen LogP contribution in [0.1, 0.15) is 40.5 Å². The van der Waals surface area contributed by atoms with Crippen LogP contribution in [0.5, 0.6) is 0 Å². The van der Waals surface area contributed by atoms with Gasteiger partial charge in [-0.15, -0.1) is 0 Å². The molecule has 1 fully saturated rings. The summed E-state index contributed by atoms with van der Waals surface area (Å²) >= 11 is 0. The van der Waals surface area contributed by atoms with Gasteiger partial charge in [-0.25, -0.2) is 4.79 Å². The zero-order chi connectivity index (χ0) is 14.8. The quantitative estimate of drug-likeness (QED) is 0.894. The van der Waals surface area contributed by atoms with Crippen molar-refractivity contribution in [1.29, 1.82) is 5.26 Å². The van der Waals surface area contributed by atoms with Gasteiger partial charge in [0.1, 0.15) is 0 Å². The van der Waals surface area contributed by atoms with Crippen molar-refractivity contribution in [2.24, 2.45) is 5.41 Å². The number of likely N-dealkylation sites (tertiary alicyclic amines) is 1. The van der Waals surface area contributed by atoms with Crippen LogP contribution in [0.15, 0.2) is 24.3 Å². The van der Waals surface area contributed by atoms with Gasteiger partial charge in [0.2, 0.25) is 0 Å². The number of nitrogens with zero attached hydrogens (tertiary/aromatic N) is 2. The highest BCUT2D eigenvalue weighted by Gasteiger charge is 2.33. The molecule has 1 N–H and O–H groups in total. The number of carboxylic acid groups (broad SMARTS) is 1. The lowest BCUT2D eigenvalue weighted by Crippen LogP contribution is -2.44. The second kappa shape index (κ2) is 5.33. The molecule has 1 aliphatic heterocycles. The van der Waals surface area contributed by atoms with Crippen molar-refractivity contribution < 1.29 is 14.7 Å². The summed E-state index contributed by atoms with van der Waals surface area (Å²) in [6.07, 6.45) is 1.61. The second-order valence-corrected chi connectivity index (χ2v) is 5.39. The highest BCUT2D eigenvalue weighted by Crippen LogP contribution is 2.29. The fraction of sp³-hybridized carbons (Fsp3) is 0.400. The molecule has 1 atom stereocenters. The van der Waals surface area contributed by atoms with Crippen LogP contribution in [0.25, 0.3) is 0 Å². The Hall–Kier alpha value is -2.35. The van der Waals surface area contributed by atoms with Crippen LogP contribution in [-0.2, 0) is 0 Å². The molecule has 1 aliphatic rings. The van der Waals surface area contributed by atoms with Crippen molar-refractivity contribution >= 4 is 11.9 Å². The van der Waals surface area contributed by atoms with Gasteiger partial charge < -0.3 is 10.0 Å². The molecule has 1 aromatic rings. The fourth-order valence-corrected chi connectivity index (χ4v) is 2.44. The molecule has 0 aromatic heterocycles. The number of rotatable bonds is 2. The molecule has 1 aromatic carbocycles. The molecule has 0 saturated carbocycles. The Labute approximate surface area is 117 Å². The fourth-order valence-electron chi connectivity index (χ4n) is 2.44. The van der Waals surface area contributed by atoms with Crippen molar-refractivity contribution in [2.75, 3.05) is 13.1 Å². The zero-order valence-electron chi connectivity index (χ0n) is 11.3. The Kier molecular flexibility index (Phi) is 3.75. The lowest BCUT2D eigenvalue weighted by Gasteiger charge is -2.36. The summed E-state index contributed by atoms with van der Waals surface area (Å²) in [6.45, 7) is 2.92. The molecule has 1 amide bonds. The first-order valence-electron chi connectivity index (χ1n) is 6.49. The number of carbonyl (C=O) groups is 2. The number of benzene rings is 1. The van der Waals surface area contributed by atoms with Gasteiger partial charge in [0, 0.05) is 18.7 Å². The summed E-state index contributed by atoms with van der Waals surface area (Å²) in [5.41, 5.74) is 0.119. The summed E-state index contributed by atoms with van der Waals surface area (Å²) in [5.74, 6) is -1.16. The van der Waals surface area contributed by atoms with E-state index < -0.39 is 11.4 Å². The van der Waals surface area contributed by atoms with Crippen LogP contribution < -0.4 is 0 Å². The smallest absolute Gasteiger partial charge is 0.335 e. The molecule has 0 aliphatic carbocycles. The Morgan fingerprint density at radius 1 is 1.30 bits per heavy atom. The third-order valence-corrected chi connectivity index (χ3v) is 3.63. The lowest BCUT2D eigenvalue weighted by atomic mass is 9.83. The largest absolute Gasteiger partial charge is 0.478 e. The van der Waals surface area contributed by atoms with Gasteiger partial charge in [0.05, 0.1) is 17.0 Å². The SMILES string of the molecule is C[C@@]1(C#N)CCCN(C(=O)c2ccc(C(=O)O)cc2)C1. The number of carbonyl (C=O) groups excluding carboxylic acids is 1. The molecule has 5 nitrogen and oxygen atoms in total. The third kappa shape index (κ3) is 2.80. The van der Waals surface area contributed by atoms with E-state index in [1.54, 1.807) is 4.90 Å². The molecule has 0 bridgehead atoms. The Morgan fingerprint density at radius 2 is 1.90 bits per heavy atom. The molecular weight excluding hydrogens is 256 g/mol. The number of carboxylic acids is 1. The van der Waals surface area contributed by atoms with Crippen LogP contribution in [0, 0.1) is 16.7 Å². The normalized spacial score (nSPS) is 22.1. The first kappa shape index (κ1) is 14.1. The van der Waals surface area contributed by atoms with Crippen LogP contribution in [-0.4, -0.2) is 35.0 Å². The van der Waals surface area contributed by atoms with Crippen LogP contribution in [0.2, 0.25) is 0 Å². The van der Waals surface area contributed by atoms with E-state index in [9.17, 15) is 9.59 Å². The molecule has 0 radical (unpaired) electrons. The monoisotopic (exact) mass is 272 g/mol. The average Bonchev–Trinajstić information content (AvgIpc) is 2.46. The summed E-state index contributed by atoms with van der Waals surface area (Å²) in [7, 11) is 0. The maximum atomic E-state index is 12.4. The molecule has 0 spiro atoms. The number of hydrogen-bond donors (Lipinski definition) is 1. The number of hydrogen-bond acceptors (Lipinski definition) is 3. The van der Waals surface area contributed by atoms with Gasteiger partial charge in [0.15, 0.2) is 0 Å². The van der Waals surface area contributed by atoms with Crippen molar-refractivity contribution in [3.63, 3.8) is 0 Å². The number of piperidine rings is 1. The van der Waals surface area contributed by atoms with E-state index in [1.807, 2.05) is 6.92 Å². The van der Waals surface area contributed by atoms with E-state index in [-0.39, 0.29) is 11.5 Å². The Morgan fingerprint density at radius 3 is 2.45 bits per heavy atom. The van der Waals surface area contributed by atoms with Crippen molar-refractivity contribution in [1.82, 2.24) is 4.90 Å². The molecule has 104 valence electrons. The van der Waals surface area contributed by atoms with Crippen LogP contribution in [0.4, 0.5) is 0 Å². The first-order chi connectivity index (χ1) is 9.45. The van der Waals surface area contributed by atoms with E-state index in [2.05, 4.69) is 6.07 Å². The molecular formula is C15H16N2O3. The molecule has 0 unspecified atom stereocenters. The van der Waals surface area contributed by atoms with Gasteiger partial charge in [-0.3, -0.25) is 4.79 Å². The number of amides is 1. The lowest BCUT2D eigenvalue weighted by molar-refractivity contribution is 0.0628. The first-order valence-corrected chi connectivity index (χ1v) is 6.49. The number of aromatic carboxylic acids is 1. The van der Waals surface area contributed by atoms with Crippen LogP contribution in [0.3, 0.4) is 0 Å². The van der Waals surface area contributed by atoms with Gasteiger partial charge in [-0.2, -0.15) is 5.26 Å². The van der Waals surface area contributed by atoms with E-state index >= 15 is 0 Å². The van der Waals surface area contributed by atoms with E-state index in [4.69, 9.17) is 10.4 Å². The Balaban J connectivity index is 2.15. The molecule has 20 heavy (non-hydrogen) atoms. The topological polar surface area (TPSA) is 81.4 Å². The average molecular weight is 272 g/mol. The molecule has 1 saturated heterocycles. The van der Waals surface area contributed by atoms with E-state index in [1.165, 1.54) is 24.3 Å². The summed E-state index contributed by atoms with van der Waals surface area (Å²) < 4.78 is 0. The minimum absolute atomic E-state index is 0.150. The van der Waals surface area contributed by atoms with Crippen LogP contribution >= 0.6 is 0 Å². The van der Waals surface area contributed by atoms with E-state index in [0.717, 1.165) is 12.8 Å². The summed E-state index contributed by atoms with van der Waals surface area (Å²) in [6, 6.07) is 8.14. The predicted octanol–water partition coefficient (Wildman–Crippen LogP) is 2.15. The van der Waals surface area contributed by atoms with Crippen molar-refractivity contribution in [2.45, 2.75) is 19.8 Å². The second-order valence-electron chi connectivity index (χ2n) is 5.39. The van der Waals surface area contributed by atoms with E-state index in [0.29, 0.717) is 18.7 Å². The van der Waals surface area contributed by atoms with Gasteiger partial charge in [-0.1, -0.05) is 0 Å². The summed E-state index contributed by atoms with van der Waals surface area (Å²) in [5, 5.41) is 18.0. The highest BCUT2D eigenvalue weighted by molar-refractivity contribution is 5.96. The van der Waals surface area contributed by atoms with Gasteiger partial charge >= 0.3 is 5.97 Å². The minimum atomic E-state index is -1.01. The van der Waals surface area contributed by atoms with Crippen molar-refractivity contribution in [3.05, 3.63) is 35.4 Å². The highest BCUT2D eigenvalue weighted by atomic mass is 16.4. The van der Waals surface area contributed by atoms with Gasteiger partial charge in [-0.05, 0) is 44.0 Å².